The fourth-order valence-electron chi connectivity index (χ4n) is 1.50. The number of thiophene rings is 1. The number of anilines is 2. The molecule has 1 aromatic rings. The Morgan fingerprint density at radius 2 is 2.17 bits per heavy atom. The molecule has 1 heterocycles. The van der Waals surface area contributed by atoms with Gasteiger partial charge in [-0.15, -0.1) is 11.3 Å². The second kappa shape index (κ2) is 6.49. The van der Waals surface area contributed by atoms with Gasteiger partial charge in [0.15, 0.2) is 5.75 Å². The zero-order valence-electron chi connectivity index (χ0n) is 11.3. The molecule has 0 atom stereocenters. The second-order valence-corrected chi connectivity index (χ2v) is 5.42. The van der Waals surface area contributed by atoms with Crippen LogP contribution in [-0.2, 0) is 0 Å². The topological polar surface area (TPSA) is 76.4 Å². The van der Waals surface area contributed by atoms with Crippen molar-refractivity contribution >= 4 is 27.9 Å². The van der Waals surface area contributed by atoms with Gasteiger partial charge in [0.2, 0.25) is 0 Å². The summed E-state index contributed by atoms with van der Waals surface area (Å²) in [6.07, 6.45) is 1.05. The van der Waals surface area contributed by atoms with Gasteiger partial charge in [0.25, 0.3) is 5.91 Å². The molecular weight excluding hydrogens is 250 g/mol. The minimum Gasteiger partial charge on any atom is -0.492 e. The maximum absolute atomic E-state index is 11.6. The number of hydrogen-bond donors (Lipinski definition) is 3. The third-order valence-corrected chi connectivity index (χ3v) is 3.69. The number of nitrogens with one attached hydrogen (secondary N) is 2. The predicted octanol–water partition coefficient (Wildman–Crippen LogP) is 2.16. The van der Waals surface area contributed by atoms with E-state index < -0.39 is 0 Å². The van der Waals surface area contributed by atoms with Crippen LogP contribution in [0.25, 0.3) is 0 Å². The van der Waals surface area contributed by atoms with E-state index in [9.17, 15) is 4.79 Å². The summed E-state index contributed by atoms with van der Waals surface area (Å²) in [5.74, 6) is 0.995. The minimum absolute atomic E-state index is 0.187. The van der Waals surface area contributed by atoms with Gasteiger partial charge in [-0.25, -0.2) is 0 Å². The predicted molar refractivity (Wildman–Crippen MR) is 76.6 cm³/mol. The third-order valence-electron chi connectivity index (χ3n) is 2.54. The smallest absolute Gasteiger partial charge is 0.263 e. The summed E-state index contributed by atoms with van der Waals surface area (Å²) in [5.41, 5.74) is 6.30. The van der Waals surface area contributed by atoms with Gasteiger partial charge < -0.3 is 21.1 Å². The first-order valence-corrected chi connectivity index (χ1v) is 6.75. The molecule has 0 aliphatic heterocycles. The van der Waals surface area contributed by atoms with Crippen LogP contribution in [0.2, 0.25) is 0 Å². The Balaban J connectivity index is 2.87. The molecule has 1 aromatic heterocycles. The van der Waals surface area contributed by atoms with E-state index in [0.717, 1.165) is 18.0 Å². The van der Waals surface area contributed by atoms with Crippen LogP contribution in [0.5, 0.6) is 5.75 Å². The fraction of sp³-hybridized carbons (Fsp3) is 0.583. The molecule has 0 aliphatic carbocycles. The molecule has 18 heavy (non-hydrogen) atoms. The number of carbonyl (C=O) groups is 1. The Labute approximate surface area is 112 Å². The van der Waals surface area contributed by atoms with Crippen molar-refractivity contribution in [2.24, 2.45) is 5.92 Å². The number of hydrogen-bond acceptors (Lipinski definition) is 5. The lowest BCUT2D eigenvalue weighted by atomic mass is 10.1. The van der Waals surface area contributed by atoms with Crippen molar-refractivity contribution in [3.63, 3.8) is 0 Å². The Kier molecular flexibility index (Phi) is 5.27. The van der Waals surface area contributed by atoms with Gasteiger partial charge in [0.1, 0.15) is 15.6 Å². The van der Waals surface area contributed by atoms with E-state index in [1.807, 2.05) is 0 Å². The quantitative estimate of drug-likeness (QED) is 0.741. The van der Waals surface area contributed by atoms with Crippen LogP contribution < -0.4 is 21.1 Å². The monoisotopic (exact) mass is 271 g/mol. The third kappa shape index (κ3) is 3.29. The molecule has 0 saturated carbocycles. The van der Waals surface area contributed by atoms with Crippen LogP contribution in [0.15, 0.2) is 0 Å². The largest absolute Gasteiger partial charge is 0.492 e. The zero-order valence-corrected chi connectivity index (χ0v) is 12.1. The van der Waals surface area contributed by atoms with Gasteiger partial charge >= 0.3 is 0 Å². The summed E-state index contributed by atoms with van der Waals surface area (Å²) < 4.78 is 5.25. The molecule has 1 amide bonds. The van der Waals surface area contributed by atoms with E-state index in [0.29, 0.717) is 22.2 Å². The van der Waals surface area contributed by atoms with Gasteiger partial charge in [-0.2, -0.15) is 0 Å². The fourth-order valence-corrected chi connectivity index (χ4v) is 2.57. The van der Waals surface area contributed by atoms with Crippen molar-refractivity contribution < 1.29 is 9.53 Å². The number of nitrogens with two attached hydrogens (primary N) is 1. The molecule has 0 unspecified atom stereocenters. The number of rotatable bonds is 6. The van der Waals surface area contributed by atoms with Crippen molar-refractivity contribution in [1.82, 2.24) is 5.32 Å². The van der Waals surface area contributed by atoms with Crippen LogP contribution >= 0.6 is 11.3 Å². The Morgan fingerprint density at radius 3 is 2.67 bits per heavy atom. The molecule has 102 valence electrons. The molecular formula is C12H21N3O2S. The van der Waals surface area contributed by atoms with Crippen molar-refractivity contribution in [2.45, 2.75) is 20.3 Å². The van der Waals surface area contributed by atoms with E-state index in [-0.39, 0.29) is 5.91 Å². The SMILES string of the molecule is CNC(=O)c1sc(NCCC(C)C)c(OC)c1N. The zero-order chi connectivity index (χ0) is 13.7. The molecule has 6 heteroatoms. The Morgan fingerprint density at radius 1 is 1.50 bits per heavy atom. The lowest BCUT2D eigenvalue weighted by molar-refractivity contribution is 0.0967. The van der Waals surface area contributed by atoms with Gasteiger partial charge in [-0.1, -0.05) is 13.8 Å². The first kappa shape index (κ1) is 14.6. The number of carbonyl (C=O) groups excluding carboxylic acids is 1. The van der Waals surface area contributed by atoms with Crippen molar-refractivity contribution in [3.05, 3.63) is 4.88 Å². The second-order valence-electron chi connectivity index (χ2n) is 4.40. The van der Waals surface area contributed by atoms with E-state index in [2.05, 4.69) is 24.5 Å². The molecule has 0 saturated heterocycles. The van der Waals surface area contributed by atoms with Crippen molar-refractivity contribution in [2.75, 3.05) is 31.8 Å². The minimum atomic E-state index is -0.187. The average Bonchev–Trinajstić information content (AvgIpc) is 2.64. The highest BCUT2D eigenvalue weighted by Crippen LogP contribution is 2.42. The first-order chi connectivity index (χ1) is 8.51. The van der Waals surface area contributed by atoms with Gasteiger partial charge in [0, 0.05) is 13.6 Å². The molecule has 0 spiro atoms. The summed E-state index contributed by atoms with van der Waals surface area (Å²) in [6.45, 7) is 5.16. The lowest BCUT2D eigenvalue weighted by Gasteiger charge is -2.08. The molecule has 0 aliphatic rings. The van der Waals surface area contributed by atoms with Crippen LogP contribution in [-0.4, -0.2) is 26.6 Å². The van der Waals surface area contributed by atoms with E-state index in [4.69, 9.17) is 10.5 Å². The van der Waals surface area contributed by atoms with Gasteiger partial charge in [-0.05, 0) is 12.3 Å². The molecule has 1 rings (SSSR count). The Hall–Kier alpha value is -1.43. The normalized spacial score (nSPS) is 10.5. The summed E-state index contributed by atoms with van der Waals surface area (Å²) in [4.78, 5) is 12.1. The number of amides is 1. The summed E-state index contributed by atoms with van der Waals surface area (Å²) in [7, 11) is 3.14. The molecule has 0 radical (unpaired) electrons. The molecule has 4 N–H and O–H groups in total. The molecule has 0 fully saturated rings. The highest BCUT2D eigenvalue weighted by Gasteiger charge is 2.20. The number of methoxy groups -OCH3 is 1. The van der Waals surface area contributed by atoms with Gasteiger partial charge in [0.05, 0.1) is 7.11 Å². The van der Waals surface area contributed by atoms with Crippen molar-refractivity contribution in [3.8, 4) is 5.75 Å². The van der Waals surface area contributed by atoms with E-state index >= 15 is 0 Å². The highest BCUT2D eigenvalue weighted by atomic mass is 32.1. The van der Waals surface area contributed by atoms with Gasteiger partial charge in [-0.3, -0.25) is 4.79 Å². The lowest BCUT2D eigenvalue weighted by Crippen LogP contribution is -2.17. The average molecular weight is 271 g/mol. The molecule has 5 nitrogen and oxygen atoms in total. The summed E-state index contributed by atoms with van der Waals surface area (Å²) in [6, 6.07) is 0. The first-order valence-electron chi connectivity index (χ1n) is 5.93. The highest BCUT2D eigenvalue weighted by molar-refractivity contribution is 7.19. The van der Waals surface area contributed by atoms with Crippen LogP contribution in [0, 0.1) is 5.92 Å². The van der Waals surface area contributed by atoms with E-state index in [1.54, 1.807) is 14.2 Å². The van der Waals surface area contributed by atoms with Crippen LogP contribution in [0.3, 0.4) is 0 Å². The van der Waals surface area contributed by atoms with E-state index in [1.165, 1.54) is 11.3 Å². The molecule has 0 aromatic carbocycles. The Bertz CT molecular complexity index is 416. The van der Waals surface area contributed by atoms with Crippen LogP contribution in [0.4, 0.5) is 10.7 Å². The van der Waals surface area contributed by atoms with Crippen LogP contribution in [0.1, 0.15) is 29.9 Å². The standard InChI is InChI=1S/C12H21N3O2S/c1-7(2)5-6-15-12-9(17-4)8(13)10(18-12)11(16)14-3/h7,15H,5-6,13H2,1-4H3,(H,14,16). The summed E-state index contributed by atoms with van der Waals surface area (Å²) >= 11 is 1.32. The molecule has 0 bridgehead atoms. The van der Waals surface area contributed by atoms with Crippen molar-refractivity contribution in [1.29, 1.82) is 0 Å². The maximum atomic E-state index is 11.6. The number of ether oxygens (including phenoxy) is 1. The summed E-state index contributed by atoms with van der Waals surface area (Å²) in [5, 5.41) is 6.65. The number of nitrogen functional groups attached to an aromatic ring is 1. The maximum Gasteiger partial charge on any atom is 0.263 e.